The lowest BCUT2D eigenvalue weighted by atomic mass is 9.81. The molecule has 2 heterocycles. The van der Waals surface area contributed by atoms with Crippen molar-refractivity contribution < 1.29 is 23.9 Å². The highest BCUT2D eigenvalue weighted by Gasteiger charge is 2.63. The molecule has 2 unspecified atom stereocenters. The van der Waals surface area contributed by atoms with Gasteiger partial charge in [0.05, 0.1) is 17.3 Å². The van der Waals surface area contributed by atoms with Gasteiger partial charge in [-0.25, -0.2) is 4.98 Å². The van der Waals surface area contributed by atoms with Crippen LogP contribution in [0, 0.1) is 0 Å². The number of ether oxygens (including phenoxy) is 2. The van der Waals surface area contributed by atoms with Gasteiger partial charge in [-0.3, -0.25) is 14.4 Å². The highest BCUT2D eigenvalue weighted by molar-refractivity contribution is 8.77. The molecule has 1 aliphatic rings. The molecule has 0 spiro atoms. The van der Waals surface area contributed by atoms with Gasteiger partial charge in [0, 0.05) is 0 Å². The number of methoxy groups -OCH3 is 1. The lowest BCUT2D eigenvalue weighted by Crippen LogP contribution is -2.80. The summed E-state index contributed by atoms with van der Waals surface area (Å²) >= 11 is 1.53. The highest BCUT2D eigenvalue weighted by atomic mass is 33.1. The molecule has 182 valence electrons. The number of para-hydroxylation sites is 2. The molecular weight excluding hydrogens is 506 g/mol. The number of nitrogens with zero attached hydrogens (tertiary/aromatic N) is 2. The predicted molar refractivity (Wildman–Crippen MR) is 138 cm³/mol. The van der Waals surface area contributed by atoms with E-state index in [2.05, 4.69) is 16.9 Å². The van der Waals surface area contributed by atoms with Crippen LogP contribution in [-0.2, 0) is 19.1 Å². The van der Waals surface area contributed by atoms with Gasteiger partial charge < -0.3 is 19.7 Å². The topological polar surface area (TPSA) is 97.8 Å². The van der Waals surface area contributed by atoms with E-state index in [1.54, 1.807) is 31.2 Å². The second kappa shape index (κ2) is 10.7. The molecule has 0 aliphatic carbocycles. The number of rotatable bonds is 10. The summed E-state index contributed by atoms with van der Waals surface area (Å²) in [6, 6.07) is 16.7. The fourth-order valence-corrected chi connectivity index (χ4v) is 7.83. The van der Waals surface area contributed by atoms with Crippen molar-refractivity contribution in [3.8, 4) is 5.75 Å². The van der Waals surface area contributed by atoms with Crippen LogP contribution < -0.4 is 10.1 Å². The number of β-lactam (4-membered cyclic amide) rings is 1. The van der Waals surface area contributed by atoms with Crippen LogP contribution in [0.2, 0.25) is 0 Å². The van der Waals surface area contributed by atoms with E-state index in [1.165, 1.54) is 44.9 Å². The van der Waals surface area contributed by atoms with Gasteiger partial charge in [0.15, 0.2) is 16.5 Å². The van der Waals surface area contributed by atoms with Crippen molar-refractivity contribution in [3.05, 3.63) is 66.7 Å². The van der Waals surface area contributed by atoms with E-state index in [0.29, 0.717) is 11.3 Å². The number of likely N-dealkylation sites (tertiary alicyclic amines) is 1. The van der Waals surface area contributed by atoms with Crippen LogP contribution in [0.4, 0.5) is 0 Å². The number of aromatic nitrogens is 1. The number of hydrogen-bond acceptors (Lipinski definition) is 9. The normalized spacial score (nSPS) is 19.2. The van der Waals surface area contributed by atoms with Crippen LogP contribution in [0.3, 0.4) is 0 Å². The quantitative estimate of drug-likeness (QED) is 0.183. The predicted octanol–water partition coefficient (Wildman–Crippen LogP) is 3.89. The van der Waals surface area contributed by atoms with E-state index in [0.717, 1.165) is 14.6 Å². The standard InChI is InChI=1S/C24H23N3O5S3/c1-15(2)24(26-19(28)14-32-16-9-5-4-6-10-16)21(30)27(13-20(29)31-3)22(24)34-35-23-25-17-11-7-8-12-18(17)33-23/h4-12,22H,1,13-14H2,2-3H3,(H,26,28). The summed E-state index contributed by atoms with van der Waals surface area (Å²) in [5, 5.41) is 2.22. The molecule has 1 N–H and O–H groups in total. The van der Waals surface area contributed by atoms with E-state index in [4.69, 9.17) is 9.47 Å². The summed E-state index contributed by atoms with van der Waals surface area (Å²) in [6.45, 7) is 5.16. The summed E-state index contributed by atoms with van der Waals surface area (Å²) < 4.78 is 12.1. The van der Waals surface area contributed by atoms with E-state index in [-0.39, 0.29) is 13.2 Å². The van der Waals surface area contributed by atoms with Gasteiger partial charge in [-0.2, -0.15) is 0 Å². The highest BCUT2D eigenvalue weighted by Crippen LogP contribution is 2.50. The number of fused-ring (bicyclic) bond motifs is 1. The molecule has 2 amide bonds. The van der Waals surface area contributed by atoms with Crippen LogP contribution >= 0.6 is 32.9 Å². The molecule has 1 saturated heterocycles. The van der Waals surface area contributed by atoms with Gasteiger partial charge in [0.25, 0.3) is 11.8 Å². The zero-order chi connectivity index (χ0) is 25.0. The number of amides is 2. The van der Waals surface area contributed by atoms with Gasteiger partial charge in [-0.15, -0.1) is 11.3 Å². The molecule has 8 nitrogen and oxygen atoms in total. The maximum absolute atomic E-state index is 13.3. The number of benzene rings is 2. The van der Waals surface area contributed by atoms with Crippen molar-refractivity contribution in [2.24, 2.45) is 0 Å². The van der Waals surface area contributed by atoms with Crippen LogP contribution in [-0.4, -0.2) is 58.8 Å². The molecular formula is C24H23N3O5S3. The Kier molecular flexibility index (Phi) is 7.68. The average molecular weight is 530 g/mol. The zero-order valence-corrected chi connectivity index (χ0v) is 21.5. The SMILES string of the molecule is C=C(C)C1(NC(=O)COc2ccccc2)C(=O)N(CC(=O)OC)C1SSc1nc2ccccc2s1. The summed E-state index contributed by atoms with van der Waals surface area (Å²) in [5.74, 6) is -0.913. The molecule has 0 saturated carbocycles. The Morgan fingerprint density at radius 2 is 1.91 bits per heavy atom. The number of thiazole rings is 1. The fraction of sp³-hybridized carbons (Fsp3) is 0.250. The monoisotopic (exact) mass is 529 g/mol. The lowest BCUT2D eigenvalue weighted by Gasteiger charge is -2.55. The number of carbonyl (C=O) groups excluding carboxylic acids is 3. The smallest absolute Gasteiger partial charge is 0.325 e. The Morgan fingerprint density at radius 1 is 1.20 bits per heavy atom. The first-order valence-corrected chi connectivity index (χ1v) is 13.6. The molecule has 1 aromatic heterocycles. The van der Waals surface area contributed by atoms with Crippen LogP contribution in [0.1, 0.15) is 6.92 Å². The first-order chi connectivity index (χ1) is 16.8. The fourth-order valence-electron chi connectivity index (χ4n) is 3.60. The van der Waals surface area contributed by atoms with Crippen molar-refractivity contribution in [3.63, 3.8) is 0 Å². The van der Waals surface area contributed by atoms with Crippen molar-refractivity contribution in [1.82, 2.24) is 15.2 Å². The minimum Gasteiger partial charge on any atom is -0.484 e. The van der Waals surface area contributed by atoms with Gasteiger partial charge in [0.2, 0.25) is 0 Å². The molecule has 2 atom stereocenters. The molecule has 1 fully saturated rings. The van der Waals surface area contributed by atoms with Crippen molar-refractivity contribution in [1.29, 1.82) is 0 Å². The lowest BCUT2D eigenvalue weighted by molar-refractivity contribution is -0.162. The average Bonchev–Trinajstić information content (AvgIpc) is 3.28. The maximum atomic E-state index is 13.3. The molecule has 2 aromatic carbocycles. The van der Waals surface area contributed by atoms with Crippen molar-refractivity contribution in [2.75, 3.05) is 20.3 Å². The second-order valence-corrected chi connectivity index (χ2v) is 11.3. The Bertz CT molecular complexity index is 1230. The Balaban J connectivity index is 1.53. The maximum Gasteiger partial charge on any atom is 0.325 e. The van der Waals surface area contributed by atoms with Crippen molar-refractivity contribution >= 4 is 60.9 Å². The molecule has 0 radical (unpaired) electrons. The molecule has 35 heavy (non-hydrogen) atoms. The number of hydrogen-bond donors (Lipinski definition) is 1. The van der Waals surface area contributed by atoms with Gasteiger partial charge >= 0.3 is 5.97 Å². The van der Waals surface area contributed by atoms with Crippen molar-refractivity contribution in [2.45, 2.75) is 22.2 Å². The van der Waals surface area contributed by atoms with E-state index in [1.807, 2.05) is 30.3 Å². The molecule has 1 aliphatic heterocycles. The Morgan fingerprint density at radius 3 is 2.60 bits per heavy atom. The third kappa shape index (κ3) is 5.16. The minimum atomic E-state index is -1.39. The van der Waals surface area contributed by atoms with E-state index >= 15 is 0 Å². The molecule has 0 bridgehead atoms. The zero-order valence-electron chi connectivity index (χ0n) is 19.1. The summed E-state index contributed by atoms with van der Waals surface area (Å²) in [7, 11) is 3.98. The Hall–Kier alpha value is -3.02. The van der Waals surface area contributed by atoms with Crippen LogP contribution in [0.15, 0.2) is 71.1 Å². The second-order valence-electron chi connectivity index (χ2n) is 7.73. The molecule has 11 heteroatoms. The molecule has 3 aromatic rings. The largest absolute Gasteiger partial charge is 0.484 e. The summed E-state index contributed by atoms with van der Waals surface area (Å²) in [6.07, 6.45) is 0. The van der Waals surface area contributed by atoms with Crippen LogP contribution in [0.25, 0.3) is 10.2 Å². The minimum absolute atomic E-state index is 0.237. The number of nitrogens with one attached hydrogen (secondary N) is 1. The summed E-state index contributed by atoms with van der Waals surface area (Å²) in [5.41, 5.74) is -0.0484. The summed E-state index contributed by atoms with van der Waals surface area (Å²) in [4.78, 5) is 44.1. The van der Waals surface area contributed by atoms with E-state index in [9.17, 15) is 14.4 Å². The third-order valence-electron chi connectivity index (χ3n) is 5.39. The van der Waals surface area contributed by atoms with Gasteiger partial charge in [-0.05, 0) is 47.6 Å². The van der Waals surface area contributed by atoms with Gasteiger partial charge in [0.1, 0.15) is 17.7 Å². The first kappa shape index (κ1) is 25.1. The first-order valence-electron chi connectivity index (χ1n) is 10.6. The number of carbonyl (C=O) groups is 3. The third-order valence-corrected chi connectivity index (χ3v) is 9.46. The van der Waals surface area contributed by atoms with E-state index < -0.39 is 28.7 Å². The Labute approximate surface area is 214 Å². The van der Waals surface area contributed by atoms with Gasteiger partial charge in [-0.1, -0.05) is 47.7 Å². The number of esters is 1. The molecule has 4 rings (SSSR count). The van der Waals surface area contributed by atoms with Crippen LogP contribution in [0.5, 0.6) is 5.75 Å².